The third-order valence-electron chi connectivity index (χ3n) is 2.31. The van der Waals surface area contributed by atoms with E-state index in [1.807, 2.05) is 13.8 Å². The minimum atomic E-state index is -0.495. The van der Waals surface area contributed by atoms with Crippen LogP contribution in [0.4, 0.5) is 0 Å². The Balaban J connectivity index is 2.61. The summed E-state index contributed by atoms with van der Waals surface area (Å²) in [6.45, 7) is 4.27. The number of ether oxygens (including phenoxy) is 2. The van der Waals surface area contributed by atoms with Gasteiger partial charge in [-0.1, -0.05) is 6.08 Å². The van der Waals surface area contributed by atoms with E-state index in [1.165, 1.54) is 7.11 Å². The van der Waals surface area contributed by atoms with E-state index in [0.717, 1.165) is 0 Å². The molecule has 0 bridgehead atoms. The summed E-state index contributed by atoms with van der Waals surface area (Å²) >= 11 is 0. The summed E-state index contributed by atoms with van der Waals surface area (Å²) in [7, 11) is 1.28. The van der Waals surface area contributed by atoms with E-state index in [2.05, 4.69) is 4.74 Å². The standard InChI is InChI=1S/C11H16O4/c1-11(2)7-8(4-5-15-11)9(12)6-10(13)14-3/h4H,5-7H2,1-3H3. The summed E-state index contributed by atoms with van der Waals surface area (Å²) in [5, 5.41) is 0. The van der Waals surface area contributed by atoms with Gasteiger partial charge < -0.3 is 9.47 Å². The van der Waals surface area contributed by atoms with E-state index < -0.39 is 5.97 Å². The van der Waals surface area contributed by atoms with Gasteiger partial charge in [-0.3, -0.25) is 9.59 Å². The molecule has 0 aliphatic carbocycles. The lowest BCUT2D eigenvalue weighted by molar-refractivity contribution is -0.142. The zero-order valence-electron chi connectivity index (χ0n) is 9.33. The third kappa shape index (κ3) is 3.47. The van der Waals surface area contributed by atoms with Crippen LogP contribution in [0.1, 0.15) is 26.7 Å². The minimum absolute atomic E-state index is 0.168. The second-order valence-electron chi connectivity index (χ2n) is 4.15. The van der Waals surface area contributed by atoms with Crippen LogP contribution in [0.5, 0.6) is 0 Å². The first-order valence-electron chi connectivity index (χ1n) is 4.87. The molecule has 0 atom stereocenters. The molecule has 0 aromatic rings. The molecule has 0 fully saturated rings. The maximum absolute atomic E-state index is 11.6. The zero-order valence-corrected chi connectivity index (χ0v) is 9.33. The average Bonchev–Trinajstić information content (AvgIpc) is 2.16. The summed E-state index contributed by atoms with van der Waals surface area (Å²) in [5.41, 5.74) is 0.340. The quantitative estimate of drug-likeness (QED) is 0.521. The Labute approximate surface area is 89.2 Å². The topological polar surface area (TPSA) is 52.6 Å². The molecule has 0 unspecified atom stereocenters. The Kier molecular flexibility index (Phi) is 3.63. The molecular formula is C11H16O4. The van der Waals surface area contributed by atoms with Crippen molar-refractivity contribution in [3.8, 4) is 0 Å². The molecule has 1 aliphatic rings. The smallest absolute Gasteiger partial charge is 0.313 e. The molecule has 4 heteroatoms. The fraction of sp³-hybridized carbons (Fsp3) is 0.636. The first kappa shape index (κ1) is 11.9. The van der Waals surface area contributed by atoms with Crippen LogP contribution in [0.2, 0.25) is 0 Å². The van der Waals surface area contributed by atoms with Crippen LogP contribution < -0.4 is 0 Å². The molecule has 0 radical (unpaired) electrons. The van der Waals surface area contributed by atoms with Gasteiger partial charge in [-0.25, -0.2) is 0 Å². The third-order valence-corrected chi connectivity index (χ3v) is 2.31. The van der Waals surface area contributed by atoms with Crippen LogP contribution in [0, 0.1) is 0 Å². The van der Waals surface area contributed by atoms with E-state index in [1.54, 1.807) is 6.08 Å². The summed E-state index contributed by atoms with van der Waals surface area (Å²) < 4.78 is 9.88. The van der Waals surface area contributed by atoms with E-state index in [-0.39, 0.29) is 17.8 Å². The van der Waals surface area contributed by atoms with Crippen LogP contribution in [0.15, 0.2) is 11.6 Å². The van der Waals surface area contributed by atoms with Gasteiger partial charge in [-0.05, 0) is 19.4 Å². The lowest BCUT2D eigenvalue weighted by atomic mass is 9.92. The van der Waals surface area contributed by atoms with Gasteiger partial charge in [-0.2, -0.15) is 0 Å². The number of ketones is 1. The molecule has 1 rings (SSSR count). The number of methoxy groups -OCH3 is 1. The average molecular weight is 212 g/mol. The first-order chi connectivity index (χ1) is 6.94. The molecule has 0 amide bonds. The summed E-state index contributed by atoms with van der Waals surface area (Å²) in [6, 6.07) is 0. The fourth-order valence-electron chi connectivity index (χ4n) is 1.48. The van der Waals surface area contributed by atoms with Gasteiger partial charge >= 0.3 is 5.97 Å². The molecule has 0 aromatic heterocycles. The first-order valence-corrected chi connectivity index (χ1v) is 4.87. The van der Waals surface area contributed by atoms with Gasteiger partial charge in [0.05, 0.1) is 19.3 Å². The van der Waals surface area contributed by atoms with E-state index in [0.29, 0.717) is 18.6 Å². The molecule has 1 aliphatic heterocycles. The maximum atomic E-state index is 11.6. The fourth-order valence-corrected chi connectivity index (χ4v) is 1.48. The number of hydrogen-bond acceptors (Lipinski definition) is 4. The number of hydrogen-bond donors (Lipinski definition) is 0. The molecule has 1 heterocycles. The van der Waals surface area contributed by atoms with Crippen LogP contribution in [-0.4, -0.2) is 31.1 Å². The van der Waals surface area contributed by atoms with Crippen molar-refractivity contribution in [2.24, 2.45) is 0 Å². The summed E-state index contributed by atoms with van der Waals surface area (Å²) in [4.78, 5) is 22.6. The van der Waals surface area contributed by atoms with Crippen molar-refractivity contribution in [1.29, 1.82) is 0 Å². The van der Waals surface area contributed by atoms with Crippen LogP contribution >= 0.6 is 0 Å². The van der Waals surface area contributed by atoms with Crippen molar-refractivity contribution in [3.63, 3.8) is 0 Å². The van der Waals surface area contributed by atoms with Gasteiger partial charge in [0.2, 0.25) is 0 Å². The highest BCUT2D eigenvalue weighted by atomic mass is 16.5. The van der Waals surface area contributed by atoms with Gasteiger partial charge in [0.15, 0.2) is 5.78 Å². The number of Topliss-reactive ketones (excluding diaryl/α,β-unsaturated/α-hetero) is 1. The Hall–Kier alpha value is -1.16. The van der Waals surface area contributed by atoms with Crippen LogP contribution in [-0.2, 0) is 19.1 Å². The molecule has 0 spiro atoms. The molecule has 4 nitrogen and oxygen atoms in total. The van der Waals surface area contributed by atoms with Crippen LogP contribution in [0.25, 0.3) is 0 Å². The molecule has 15 heavy (non-hydrogen) atoms. The minimum Gasteiger partial charge on any atom is -0.469 e. The SMILES string of the molecule is COC(=O)CC(=O)C1=CCOC(C)(C)C1. The highest BCUT2D eigenvalue weighted by Crippen LogP contribution is 2.25. The highest BCUT2D eigenvalue weighted by molar-refractivity contribution is 6.05. The second kappa shape index (κ2) is 4.57. The van der Waals surface area contributed by atoms with Crippen molar-refractivity contribution in [3.05, 3.63) is 11.6 Å². The van der Waals surface area contributed by atoms with Gasteiger partial charge in [-0.15, -0.1) is 0 Å². The van der Waals surface area contributed by atoms with E-state index >= 15 is 0 Å². The largest absolute Gasteiger partial charge is 0.469 e. The van der Waals surface area contributed by atoms with Crippen molar-refractivity contribution in [2.45, 2.75) is 32.3 Å². The van der Waals surface area contributed by atoms with Gasteiger partial charge in [0.25, 0.3) is 0 Å². The maximum Gasteiger partial charge on any atom is 0.313 e. The second-order valence-corrected chi connectivity index (χ2v) is 4.15. The molecule has 0 saturated carbocycles. The van der Waals surface area contributed by atoms with Crippen molar-refractivity contribution >= 4 is 11.8 Å². The number of esters is 1. The van der Waals surface area contributed by atoms with Crippen molar-refractivity contribution < 1.29 is 19.1 Å². The molecule has 0 saturated heterocycles. The Morgan fingerprint density at radius 3 is 2.73 bits per heavy atom. The van der Waals surface area contributed by atoms with Crippen LogP contribution in [0.3, 0.4) is 0 Å². The van der Waals surface area contributed by atoms with E-state index in [9.17, 15) is 9.59 Å². The van der Waals surface area contributed by atoms with E-state index in [4.69, 9.17) is 4.74 Å². The summed E-state index contributed by atoms with van der Waals surface area (Å²) in [6.07, 6.45) is 2.10. The molecular weight excluding hydrogens is 196 g/mol. The number of rotatable bonds is 3. The molecule has 84 valence electrons. The lowest BCUT2D eigenvalue weighted by Gasteiger charge is -2.29. The zero-order chi connectivity index (χ0) is 11.5. The normalized spacial score (nSPS) is 19.3. The monoisotopic (exact) mass is 212 g/mol. The Bertz CT molecular complexity index is 302. The number of carbonyl (C=O) groups excluding carboxylic acids is 2. The summed E-state index contributed by atoms with van der Waals surface area (Å²) in [5.74, 6) is -0.663. The Morgan fingerprint density at radius 2 is 2.20 bits per heavy atom. The predicted octanol–water partition coefficient (Wildman–Crippen LogP) is 1.24. The van der Waals surface area contributed by atoms with Crippen molar-refractivity contribution in [1.82, 2.24) is 0 Å². The van der Waals surface area contributed by atoms with Crippen molar-refractivity contribution in [2.75, 3.05) is 13.7 Å². The lowest BCUT2D eigenvalue weighted by Crippen LogP contribution is -2.31. The number of carbonyl (C=O) groups is 2. The highest BCUT2D eigenvalue weighted by Gasteiger charge is 2.27. The Morgan fingerprint density at radius 1 is 1.53 bits per heavy atom. The molecule has 0 aromatic carbocycles. The van der Waals surface area contributed by atoms with Gasteiger partial charge in [0.1, 0.15) is 6.42 Å². The van der Waals surface area contributed by atoms with Gasteiger partial charge in [0, 0.05) is 6.42 Å². The predicted molar refractivity (Wildman–Crippen MR) is 54.4 cm³/mol. The molecule has 0 N–H and O–H groups in total.